The predicted octanol–water partition coefficient (Wildman–Crippen LogP) is 7.87. The van der Waals surface area contributed by atoms with Crippen LogP contribution in [-0.4, -0.2) is 0 Å². The summed E-state index contributed by atoms with van der Waals surface area (Å²) in [7, 11) is 0. The summed E-state index contributed by atoms with van der Waals surface area (Å²) in [6.45, 7) is 6.90. The van der Waals surface area contributed by atoms with Gasteiger partial charge in [0.15, 0.2) is 0 Å². The molecule has 0 amide bonds. The average Bonchev–Trinajstić information content (AvgIpc) is 2.65. The maximum atomic E-state index is 2.42. The van der Waals surface area contributed by atoms with Crippen molar-refractivity contribution >= 4 is 11.8 Å². The number of unbranched alkanes of at least 4 members (excludes halogenated alkanes) is 3. The van der Waals surface area contributed by atoms with Crippen molar-refractivity contribution in [2.24, 2.45) is 0 Å². The second-order valence-corrected chi connectivity index (χ2v) is 8.02. The average molecular weight is 355 g/mol. The van der Waals surface area contributed by atoms with E-state index in [9.17, 15) is 0 Å². The molecule has 0 aliphatic rings. The van der Waals surface area contributed by atoms with Gasteiger partial charge in [0.25, 0.3) is 0 Å². The van der Waals surface area contributed by atoms with E-state index in [2.05, 4.69) is 63.2 Å². The van der Waals surface area contributed by atoms with Crippen LogP contribution in [0.5, 0.6) is 0 Å². The first-order valence-corrected chi connectivity index (χ1v) is 11.0. The summed E-state index contributed by atoms with van der Waals surface area (Å²) in [6, 6.07) is 15.6. The highest BCUT2D eigenvalue weighted by atomic mass is 32.2. The molecular formula is C24H34S. The van der Waals surface area contributed by atoms with E-state index in [-0.39, 0.29) is 0 Å². The van der Waals surface area contributed by atoms with Crippen molar-refractivity contribution < 1.29 is 0 Å². The van der Waals surface area contributed by atoms with Gasteiger partial charge in [-0.05, 0) is 73.4 Å². The zero-order valence-corrected chi connectivity index (χ0v) is 17.1. The van der Waals surface area contributed by atoms with E-state index < -0.39 is 0 Å². The lowest BCUT2D eigenvalue weighted by Gasteiger charge is -2.19. The Labute approximate surface area is 159 Å². The van der Waals surface area contributed by atoms with Crippen LogP contribution in [0.1, 0.15) is 76.0 Å². The molecule has 2 aromatic rings. The van der Waals surface area contributed by atoms with Crippen molar-refractivity contribution in [3.8, 4) is 0 Å². The standard InChI is InChI=1S/C24H34S/c1-4-7-13-20-18-19-24(25-21-14-11-10-12-15-21)23(17-9-6-3)22(20)16-8-5-2/h10-12,14-15,18-19H,4-9,13,16-17H2,1-3H3. The van der Waals surface area contributed by atoms with Crippen LogP contribution in [0, 0.1) is 0 Å². The number of aryl methyl sites for hydroxylation is 1. The first-order valence-electron chi connectivity index (χ1n) is 10.2. The van der Waals surface area contributed by atoms with Gasteiger partial charge in [0.05, 0.1) is 0 Å². The molecule has 25 heavy (non-hydrogen) atoms. The smallest absolute Gasteiger partial charge is 0.0157 e. The minimum Gasteiger partial charge on any atom is -0.0898 e. The minimum absolute atomic E-state index is 1.23. The molecule has 0 aliphatic heterocycles. The molecule has 0 fully saturated rings. The Hall–Kier alpha value is -1.21. The van der Waals surface area contributed by atoms with Gasteiger partial charge in [0.2, 0.25) is 0 Å². The molecule has 2 rings (SSSR count). The Kier molecular flexibility index (Phi) is 9.18. The molecule has 0 aromatic heterocycles. The molecule has 0 unspecified atom stereocenters. The van der Waals surface area contributed by atoms with Gasteiger partial charge in [-0.25, -0.2) is 0 Å². The highest BCUT2D eigenvalue weighted by Crippen LogP contribution is 2.35. The molecule has 136 valence electrons. The van der Waals surface area contributed by atoms with Gasteiger partial charge in [-0.1, -0.05) is 76.1 Å². The lowest BCUT2D eigenvalue weighted by atomic mass is 9.91. The third-order valence-electron chi connectivity index (χ3n) is 4.82. The Balaban J connectivity index is 2.38. The molecule has 0 atom stereocenters. The second kappa shape index (κ2) is 11.4. The van der Waals surface area contributed by atoms with Gasteiger partial charge in [-0.15, -0.1) is 0 Å². The summed E-state index contributed by atoms with van der Waals surface area (Å²) >= 11 is 1.94. The zero-order chi connectivity index (χ0) is 17.9. The number of hydrogen-bond donors (Lipinski definition) is 0. The van der Waals surface area contributed by atoms with Crippen LogP contribution >= 0.6 is 11.8 Å². The molecule has 0 saturated carbocycles. The van der Waals surface area contributed by atoms with Gasteiger partial charge in [-0.3, -0.25) is 0 Å². The van der Waals surface area contributed by atoms with Crippen LogP contribution in [0.15, 0.2) is 52.3 Å². The van der Waals surface area contributed by atoms with Crippen molar-refractivity contribution in [1.82, 2.24) is 0 Å². The molecule has 2 aromatic carbocycles. The first kappa shape index (κ1) is 20.1. The van der Waals surface area contributed by atoms with E-state index in [1.165, 1.54) is 67.6 Å². The Bertz CT molecular complexity index is 615. The lowest BCUT2D eigenvalue weighted by Crippen LogP contribution is -2.03. The van der Waals surface area contributed by atoms with Crippen LogP contribution in [0.25, 0.3) is 0 Å². The van der Waals surface area contributed by atoms with E-state index in [1.54, 1.807) is 16.7 Å². The van der Waals surface area contributed by atoms with E-state index >= 15 is 0 Å². The van der Waals surface area contributed by atoms with Crippen molar-refractivity contribution in [1.29, 1.82) is 0 Å². The molecule has 0 heterocycles. The van der Waals surface area contributed by atoms with Crippen LogP contribution in [-0.2, 0) is 19.3 Å². The third kappa shape index (κ3) is 6.22. The van der Waals surface area contributed by atoms with Crippen molar-refractivity contribution in [2.75, 3.05) is 0 Å². The van der Waals surface area contributed by atoms with Gasteiger partial charge in [-0.2, -0.15) is 0 Å². The normalized spacial score (nSPS) is 11.0. The molecular weight excluding hydrogens is 320 g/mol. The maximum Gasteiger partial charge on any atom is 0.0157 e. The predicted molar refractivity (Wildman–Crippen MR) is 113 cm³/mol. The quantitative estimate of drug-likeness (QED) is 0.395. The first-order chi connectivity index (χ1) is 12.3. The lowest BCUT2D eigenvalue weighted by molar-refractivity contribution is 0.727. The summed E-state index contributed by atoms with van der Waals surface area (Å²) in [5, 5.41) is 0. The van der Waals surface area contributed by atoms with E-state index in [1.807, 2.05) is 11.8 Å². The Morgan fingerprint density at radius 1 is 0.640 bits per heavy atom. The summed E-state index contributed by atoms with van der Waals surface area (Å²) < 4.78 is 0. The molecule has 1 heteroatoms. The maximum absolute atomic E-state index is 2.42. The molecule has 0 N–H and O–H groups in total. The van der Waals surface area contributed by atoms with E-state index in [0.29, 0.717) is 0 Å². The molecule has 0 nitrogen and oxygen atoms in total. The van der Waals surface area contributed by atoms with Gasteiger partial charge in [0.1, 0.15) is 0 Å². The van der Waals surface area contributed by atoms with Gasteiger partial charge >= 0.3 is 0 Å². The zero-order valence-electron chi connectivity index (χ0n) is 16.3. The molecule has 0 spiro atoms. The van der Waals surface area contributed by atoms with Crippen molar-refractivity contribution in [2.45, 2.75) is 88.3 Å². The van der Waals surface area contributed by atoms with E-state index in [4.69, 9.17) is 0 Å². The number of hydrogen-bond acceptors (Lipinski definition) is 1. The summed E-state index contributed by atoms with van der Waals surface area (Å²) in [5.74, 6) is 0. The van der Waals surface area contributed by atoms with Crippen LogP contribution in [0.3, 0.4) is 0 Å². The van der Waals surface area contributed by atoms with Gasteiger partial charge in [0, 0.05) is 9.79 Å². The number of benzene rings is 2. The fourth-order valence-corrected chi connectivity index (χ4v) is 4.36. The summed E-state index contributed by atoms with van der Waals surface area (Å²) in [4.78, 5) is 2.83. The van der Waals surface area contributed by atoms with Crippen LogP contribution in [0.2, 0.25) is 0 Å². The minimum atomic E-state index is 1.23. The van der Waals surface area contributed by atoms with Gasteiger partial charge < -0.3 is 0 Å². The molecule has 0 radical (unpaired) electrons. The summed E-state index contributed by atoms with van der Waals surface area (Å²) in [6.07, 6.45) is 11.4. The SMILES string of the molecule is CCCCc1ccc(Sc2ccccc2)c(CCCC)c1CCCC. The topological polar surface area (TPSA) is 0 Å². The number of rotatable bonds is 11. The van der Waals surface area contributed by atoms with Crippen molar-refractivity contribution in [3.05, 3.63) is 59.2 Å². The third-order valence-corrected chi connectivity index (χ3v) is 5.93. The fraction of sp³-hybridized carbons (Fsp3) is 0.500. The molecule has 0 bridgehead atoms. The second-order valence-electron chi connectivity index (χ2n) is 6.91. The fourth-order valence-electron chi connectivity index (χ4n) is 3.33. The largest absolute Gasteiger partial charge is 0.0898 e. The van der Waals surface area contributed by atoms with Crippen LogP contribution < -0.4 is 0 Å². The Morgan fingerprint density at radius 3 is 1.88 bits per heavy atom. The highest BCUT2D eigenvalue weighted by Gasteiger charge is 2.14. The summed E-state index contributed by atoms with van der Waals surface area (Å²) in [5.41, 5.74) is 4.92. The van der Waals surface area contributed by atoms with E-state index in [0.717, 1.165) is 0 Å². The molecule has 0 saturated heterocycles. The highest BCUT2D eigenvalue weighted by molar-refractivity contribution is 7.99. The molecule has 0 aliphatic carbocycles. The monoisotopic (exact) mass is 354 g/mol. The van der Waals surface area contributed by atoms with Crippen molar-refractivity contribution in [3.63, 3.8) is 0 Å². The Morgan fingerprint density at radius 2 is 1.24 bits per heavy atom. The van der Waals surface area contributed by atoms with Crippen LogP contribution in [0.4, 0.5) is 0 Å².